The van der Waals surface area contributed by atoms with Gasteiger partial charge in [0.2, 0.25) is 0 Å². The Balaban J connectivity index is 0.00000400. The third-order valence-electron chi connectivity index (χ3n) is 4.04. The molecule has 1 aliphatic heterocycles. The van der Waals surface area contributed by atoms with Gasteiger partial charge in [0.25, 0.3) is 0 Å². The number of ether oxygens (including phenoxy) is 1. The first-order chi connectivity index (χ1) is 9.83. The van der Waals surface area contributed by atoms with Crippen molar-refractivity contribution in [1.29, 1.82) is 0 Å². The molecule has 0 aromatic rings. The Bertz CT molecular complexity index is 246. The molecule has 0 aliphatic carbocycles. The molecule has 0 aromatic heterocycles. The van der Waals surface area contributed by atoms with Crippen molar-refractivity contribution in [3.05, 3.63) is 0 Å². The molecule has 1 N–H and O–H groups in total. The molecule has 1 heterocycles. The normalized spacial score (nSPS) is 15.5. The first-order valence-corrected chi connectivity index (χ1v) is 8.33. The van der Waals surface area contributed by atoms with Crippen LogP contribution in [-0.4, -0.2) is 50.7 Å². The fraction of sp³-hybridized carbons (Fsp3) is 0.938. The highest BCUT2D eigenvalue weighted by Gasteiger charge is 2.07. The van der Waals surface area contributed by atoms with Crippen molar-refractivity contribution < 1.29 is 9.53 Å². The zero-order chi connectivity index (χ0) is 14.5. The van der Waals surface area contributed by atoms with Gasteiger partial charge in [-0.05, 0) is 19.4 Å². The molecule has 1 rings (SSSR count). The number of halogens is 1. The molecule has 21 heavy (non-hydrogen) atoms. The van der Waals surface area contributed by atoms with Crippen molar-refractivity contribution in [1.82, 2.24) is 10.2 Å². The predicted molar refractivity (Wildman–Crippen MR) is 90.1 cm³/mol. The van der Waals surface area contributed by atoms with E-state index in [1.54, 1.807) is 0 Å². The zero-order valence-electron chi connectivity index (χ0n) is 13.6. The second-order valence-corrected chi connectivity index (χ2v) is 5.75. The van der Waals surface area contributed by atoms with Crippen molar-refractivity contribution in [3.63, 3.8) is 0 Å². The van der Waals surface area contributed by atoms with Crippen LogP contribution in [0.1, 0.15) is 57.8 Å². The van der Waals surface area contributed by atoms with Crippen molar-refractivity contribution in [3.8, 4) is 0 Å². The summed E-state index contributed by atoms with van der Waals surface area (Å²) in [5, 5.41) is 3.39. The molecule has 126 valence electrons. The van der Waals surface area contributed by atoms with E-state index < -0.39 is 0 Å². The van der Waals surface area contributed by atoms with Gasteiger partial charge < -0.3 is 15.0 Å². The monoisotopic (exact) mass is 320 g/mol. The van der Waals surface area contributed by atoms with Crippen LogP contribution >= 0.6 is 12.4 Å². The zero-order valence-corrected chi connectivity index (χ0v) is 14.4. The third-order valence-corrected chi connectivity index (χ3v) is 4.04. The van der Waals surface area contributed by atoms with Gasteiger partial charge in [0.05, 0.1) is 7.11 Å². The maximum absolute atomic E-state index is 10.9. The fourth-order valence-corrected chi connectivity index (χ4v) is 2.70. The molecule has 0 spiro atoms. The van der Waals surface area contributed by atoms with E-state index in [2.05, 4.69) is 15.0 Å². The van der Waals surface area contributed by atoms with E-state index in [0.29, 0.717) is 6.42 Å². The first kappa shape index (κ1) is 20.7. The number of hydrogen-bond donors (Lipinski definition) is 1. The Labute approximate surface area is 136 Å². The largest absolute Gasteiger partial charge is 0.469 e. The summed E-state index contributed by atoms with van der Waals surface area (Å²) < 4.78 is 4.63. The Morgan fingerprint density at radius 2 is 1.48 bits per heavy atom. The van der Waals surface area contributed by atoms with Gasteiger partial charge in [-0.2, -0.15) is 0 Å². The van der Waals surface area contributed by atoms with E-state index in [1.807, 2.05) is 0 Å². The summed E-state index contributed by atoms with van der Waals surface area (Å²) in [7, 11) is 1.46. The Hall–Kier alpha value is -0.320. The van der Waals surface area contributed by atoms with Crippen molar-refractivity contribution in [2.45, 2.75) is 57.8 Å². The number of methoxy groups -OCH3 is 1. The molecule has 0 radical (unpaired) electrons. The van der Waals surface area contributed by atoms with Crippen LogP contribution in [0.15, 0.2) is 0 Å². The maximum Gasteiger partial charge on any atom is 0.305 e. The number of nitrogens with zero attached hydrogens (tertiary/aromatic N) is 1. The smallest absolute Gasteiger partial charge is 0.305 e. The minimum Gasteiger partial charge on any atom is -0.469 e. The molecule has 1 aliphatic rings. The number of carbonyl (C=O) groups excluding carboxylic acids is 1. The van der Waals surface area contributed by atoms with Crippen molar-refractivity contribution >= 4 is 18.4 Å². The number of unbranched alkanes of at least 4 members (excludes halogenated alkanes) is 7. The second kappa shape index (κ2) is 14.6. The number of nitrogens with one attached hydrogen (secondary N) is 1. The van der Waals surface area contributed by atoms with Gasteiger partial charge in [0, 0.05) is 32.6 Å². The Morgan fingerprint density at radius 1 is 0.952 bits per heavy atom. The molecule has 0 atom stereocenters. The lowest BCUT2D eigenvalue weighted by atomic mass is 10.1. The Kier molecular flexibility index (Phi) is 14.4. The lowest BCUT2D eigenvalue weighted by Crippen LogP contribution is -2.43. The second-order valence-electron chi connectivity index (χ2n) is 5.75. The summed E-state index contributed by atoms with van der Waals surface area (Å²) in [5.74, 6) is -0.0714. The molecule has 1 fully saturated rings. The highest BCUT2D eigenvalue weighted by atomic mass is 35.5. The Morgan fingerprint density at radius 3 is 2.05 bits per heavy atom. The summed E-state index contributed by atoms with van der Waals surface area (Å²) in [6, 6.07) is 0. The van der Waals surface area contributed by atoms with E-state index in [4.69, 9.17) is 0 Å². The van der Waals surface area contributed by atoms with E-state index >= 15 is 0 Å². The summed E-state index contributed by atoms with van der Waals surface area (Å²) in [6.45, 7) is 6.04. The third kappa shape index (κ3) is 12.0. The number of piperazine rings is 1. The molecule has 0 saturated carbocycles. The van der Waals surface area contributed by atoms with Crippen LogP contribution in [0.2, 0.25) is 0 Å². The SMILES string of the molecule is COC(=O)CCCCCCCCCCN1CCNCC1.Cl. The van der Waals surface area contributed by atoms with Crippen LogP contribution < -0.4 is 5.32 Å². The molecular weight excluding hydrogens is 288 g/mol. The van der Waals surface area contributed by atoms with Crippen molar-refractivity contribution in [2.75, 3.05) is 39.8 Å². The number of carbonyl (C=O) groups is 1. The van der Waals surface area contributed by atoms with E-state index in [9.17, 15) is 4.79 Å². The van der Waals surface area contributed by atoms with Gasteiger partial charge in [0.15, 0.2) is 0 Å². The van der Waals surface area contributed by atoms with E-state index in [-0.39, 0.29) is 18.4 Å². The highest BCUT2D eigenvalue weighted by Crippen LogP contribution is 2.10. The van der Waals surface area contributed by atoms with Crippen LogP contribution in [0.5, 0.6) is 0 Å². The summed E-state index contributed by atoms with van der Waals surface area (Å²) in [6.07, 6.45) is 10.7. The van der Waals surface area contributed by atoms with Crippen LogP contribution in [0.4, 0.5) is 0 Å². The summed E-state index contributed by atoms with van der Waals surface area (Å²) in [4.78, 5) is 13.5. The minimum absolute atomic E-state index is 0. The van der Waals surface area contributed by atoms with Crippen LogP contribution in [0.25, 0.3) is 0 Å². The number of esters is 1. The van der Waals surface area contributed by atoms with E-state index in [0.717, 1.165) is 25.9 Å². The van der Waals surface area contributed by atoms with E-state index in [1.165, 1.54) is 65.3 Å². The highest BCUT2D eigenvalue weighted by molar-refractivity contribution is 5.85. The average molecular weight is 321 g/mol. The molecule has 0 aromatic carbocycles. The average Bonchev–Trinajstić information content (AvgIpc) is 2.50. The topological polar surface area (TPSA) is 41.6 Å². The fourth-order valence-electron chi connectivity index (χ4n) is 2.70. The van der Waals surface area contributed by atoms with Crippen molar-refractivity contribution in [2.24, 2.45) is 0 Å². The standard InChI is InChI=1S/C16H32N2O2.ClH/c1-20-16(19)10-8-6-4-2-3-5-7-9-13-18-14-11-17-12-15-18;/h17H,2-15H2,1H3;1H. The quantitative estimate of drug-likeness (QED) is 0.469. The summed E-state index contributed by atoms with van der Waals surface area (Å²) in [5.41, 5.74) is 0. The number of rotatable bonds is 11. The molecule has 0 amide bonds. The molecule has 5 heteroatoms. The molecule has 0 bridgehead atoms. The van der Waals surface area contributed by atoms with Crippen LogP contribution in [0, 0.1) is 0 Å². The molecule has 1 saturated heterocycles. The predicted octanol–water partition coefficient (Wildman–Crippen LogP) is 3.00. The van der Waals surface area contributed by atoms with Gasteiger partial charge in [-0.15, -0.1) is 12.4 Å². The minimum atomic E-state index is -0.0714. The molecule has 4 nitrogen and oxygen atoms in total. The van der Waals surface area contributed by atoms with Gasteiger partial charge in [0.1, 0.15) is 0 Å². The lowest BCUT2D eigenvalue weighted by molar-refractivity contribution is -0.140. The molecule has 0 unspecified atom stereocenters. The van der Waals surface area contributed by atoms with Gasteiger partial charge in [-0.1, -0.05) is 38.5 Å². The number of hydrogen-bond acceptors (Lipinski definition) is 4. The lowest BCUT2D eigenvalue weighted by Gasteiger charge is -2.27. The summed E-state index contributed by atoms with van der Waals surface area (Å²) >= 11 is 0. The van der Waals surface area contributed by atoms with Gasteiger partial charge in [-0.25, -0.2) is 0 Å². The van der Waals surface area contributed by atoms with Gasteiger partial charge >= 0.3 is 5.97 Å². The van der Waals surface area contributed by atoms with Crippen LogP contribution in [0.3, 0.4) is 0 Å². The first-order valence-electron chi connectivity index (χ1n) is 8.33. The van der Waals surface area contributed by atoms with Crippen LogP contribution in [-0.2, 0) is 9.53 Å². The van der Waals surface area contributed by atoms with Gasteiger partial charge in [-0.3, -0.25) is 4.79 Å². The molecular formula is C16H33ClN2O2. The maximum atomic E-state index is 10.9.